The summed E-state index contributed by atoms with van der Waals surface area (Å²) in [4.78, 5) is 0. The summed E-state index contributed by atoms with van der Waals surface area (Å²) in [6, 6.07) is 9.52. The van der Waals surface area contributed by atoms with Gasteiger partial charge in [-0.15, -0.1) is 0 Å². The third-order valence-corrected chi connectivity index (χ3v) is 1.03. The molecule has 0 atom stereocenters. The number of benzene rings is 1. The Morgan fingerprint density at radius 1 is 1.10 bits per heavy atom. The van der Waals surface area contributed by atoms with Crippen LogP contribution in [0.5, 0.6) is 0 Å². The maximum absolute atomic E-state index is 8.54. The first kappa shape index (κ1) is 13.1. The smallest absolute Gasteiger partial charge is 1.00 e. The molecule has 10 heavy (non-hydrogen) atoms. The second kappa shape index (κ2) is 7.58. The molecule has 0 amide bonds. The Hall–Kier alpha value is 0.470. The van der Waals surface area contributed by atoms with Crippen LogP contribution in [-0.2, 0) is 6.61 Å². The number of aliphatic hydroxyl groups is 1. The summed E-state index contributed by atoms with van der Waals surface area (Å²) in [6.07, 6.45) is 0. The fourth-order valence-corrected chi connectivity index (χ4v) is 0.583. The number of rotatable bonds is 1. The molecule has 0 aliphatic carbocycles. The van der Waals surface area contributed by atoms with Gasteiger partial charge in [-0.2, -0.15) is 0 Å². The van der Waals surface area contributed by atoms with Crippen molar-refractivity contribution in [3.63, 3.8) is 0 Å². The van der Waals surface area contributed by atoms with Gasteiger partial charge >= 0.3 is 29.6 Å². The Morgan fingerprint density at radius 2 is 1.60 bits per heavy atom. The molecule has 1 nitrogen and oxygen atoms in total. The average Bonchev–Trinajstić information content (AvgIpc) is 1.90. The van der Waals surface area contributed by atoms with Crippen LogP contribution in [0, 0.1) is 0 Å². The maximum Gasteiger partial charge on any atom is 1.00 e. The van der Waals surface area contributed by atoms with Crippen LogP contribution >= 0.6 is 0 Å². The van der Waals surface area contributed by atoms with Crippen molar-refractivity contribution >= 4 is 0 Å². The second-order valence-electron chi connectivity index (χ2n) is 1.64. The molecule has 3 heteroatoms. The summed E-state index contributed by atoms with van der Waals surface area (Å²) in [5, 5.41) is 8.54. The molecule has 0 heterocycles. The molecular weight excluding hydrogens is 159 g/mol. The van der Waals surface area contributed by atoms with E-state index >= 15 is 0 Å². The molecule has 0 bridgehead atoms. The van der Waals surface area contributed by atoms with E-state index < -0.39 is 0 Å². The van der Waals surface area contributed by atoms with E-state index in [2.05, 4.69) is 0 Å². The molecular formula is C7H8ClNaO. The molecule has 0 saturated carbocycles. The van der Waals surface area contributed by atoms with Crippen molar-refractivity contribution in [2.45, 2.75) is 6.61 Å². The summed E-state index contributed by atoms with van der Waals surface area (Å²) in [6.45, 7) is 0.140. The molecule has 0 aliphatic heterocycles. The number of aliphatic hydroxyl groups excluding tert-OH is 1. The van der Waals surface area contributed by atoms with Crippen molar-refractivity contribution < 1.29 is 47.1 Å². The predicted octanol–water partition coefficient (Wildman–Crippen LogP) is -4.81. The zero-order chi connectivity index (χ0) is 5.82. The number of hydrogen-bond acceptors (Lipinski definition) is 1. The van der Waals surface area contributed by atoms with Crippen LogP contribution in [0.3, 0.4) is 0 Å². The van der Waals surface area contributed by atoms with Gasteiger partial charge in [0.25, 0.3) is 0 Å². The van der Waals surface area contributed by atoms with Crippen LogP contribution in [0.1, 0.15) is 5.56 Å². The van der Waals surface area contributed by atoms with Gasteiger partial charge in [-0.25, -0.2) is 0 Å². The number of halogens is 1. The molecule has 1 N–H and O–H groups in total. The molecule has 0 saturated heterocycles. The van der Waals surface area contributed by atoms with Gasteiger partial charge in [0.15, 0.2) is 0 Å². The maximum atomic E-state index is 8.54. The van der Waals surface area contributed by atoms with E-state index in [1.807, 2.05) is 30.3 Å². The van der Waals surface area contributed by atoms with E-state index in [-0.39, 0.29) is 48.6 Å². The fourth-order valence-electron chi connectivity index (χ4n) is 0.583. The quantitative estimate of drug-likeness (QED) is 0.415. The van der Waals surface area contributed by atoms with Crippen LogP contribution in [0.4, 0.5) is 0 Å². The zero-order valence-electron chi connectivity index (χ0n) is 5.92. The Balaban J connectivity index is 0. The van der Waals surface area contributed by atoms with Gasteiger partial charge in [-0.3, -0.25) is 0 Å². The topological polar surface area (TPSA) is 20.2 Å². The molecule has 0 radical (unpaired) electrons. The van der Waals surface area contributed by atoms with E-state index in [1.54, 1.807) is 0 Å². The first-order chi connectivity index (χ1) is 3.93. The molecule has 50 valence electrons. The number of hydrogen-bond donors (Lipinski definition) is 1. The van der Waals surface area contributed by atoms with Crippen molar-refractivity contribution in [3.8, 4) is 0 Å². The normalized spacial score (nSPS) is 7.30. The average molecular weight is 167 g/mol. The third-order valence-electron chi connectivity index (χ3n) is 1.03. The van der Waals surface area contributed by atoms with Gasteiger partial charge in [0.2, 0.25) is 0 Å². The summed E-state index contributed by atoms with van der Waals surface area (Å²) in [5.41, 5.74) is 0.965. The predicted molar refractivity (Wildman–Crippen MR) is 32.4 cm³/mol. The molecule has 0 fully saturated rings. The molecule has 1 aromatic rings. The zero-order valence-corrected chi connectivity index (χ0v) is 8.67. The van der Waals surface area contributed by atoms with Crippen LogP contribution < -0.4 is 42.0 Å². The van der Waals surface area contributed by atoms with Crippen LogP contribution in [0.15, 0.2) is 30.3 Å². The van der Waals surface area contributed by atoms with Crippen molar-refractivity contribution in [1.29, 1.82) is 0 Å². The Labute approximate surface area is 89.2 Å². The largest absolute Gasteiger partial charge is 1.00 e. The van der Waals surface area contributed by atoms with Crippen LogP contribution in [-0.4, -0.2) is 5.11 Å². The minimum atomic E-state index is 0. The standard InChI is InChI=1S/C7H8O.ClH.Na/c8-6-7-4-2-1-3-5-7;;/h1-5,8H,6H2;1H;/q;;+1/p-1. The Bertz CT molecular complexity index is 155. The van der Waals surface area contributed by atoms with E-state index in [4.69, 9.17) is 5.11 Å². The van der Waals surface area contributed by atoms with Crippen molar-refractivity contribution in [3.05, 3.63) is 35.9 Å². The van der Waals surface area contributed by atoms with E-state index in [0.717, 1.165) is 5.56 Å². The van der Waals surface area contributed by atoms with Gasteiger partial charge in [0.1, 0.15) is 0 Å². The van der Waals surface area contributed by atoms with Crippen molar-refractivity contribution in [2.24, 2.45) is 0 Å². The second-order valence-corrected chi connectivity index (χ2v) is 1.64. The molecule has 0 unspecified atom stereocenters. The summed E-state index contributed by atoms with van der Waals surface area (Å²) in [7, 11) is 0. The monoisotopic (exact) mass is 166 g/mol. The van der Waals surface area contributed by atoms with Gasteiger partial charge in [-0.05, 0) is 5.56 Å². The molecule has 0 spiro atoms. The van der Waals surface area contributed by atoms with Crippen LogP contribution in [0.2, 0.25) is 0 Å². The SMILES string of the molecule is OCc1ccccc1.[Cl-].[Na+]. The van der Waals surface area contributed by atoms with Crippen molar-refractivity contribution in [1.82, 2.24) is 0 Å². The van der Waals surface area contributed by atoms with Gasteiger partial charge in [0.05, 0.1) is 6.61 Å². The third kappa shape index (κ3) is 4.31. The summed E-state index contributed by atoms with van der Waals surface area (Å²) < 4.78 is 0. The van der Waals surface area contributed by atoms with E-state index in [9.17, 15) is 0 Å². The minimum absolute atomic E-state index is 0. The van der Waals surface area contributed by atoms with Gasteiger partial charge < -0.3 is 17.5 Å². The van der Waals surface area contributed by atoms with Crippen LogP contribution in [0.25, 0.3) is 0 Å². The van der Waals surface area contributed by atoms with Gasteiger partial charge in [-0.1, -0.05) is 30.3 Å². The van der Waals surface area contributed by atoms with Crippen molar-refractivity contribution in [2.75, 3.05) is 0 Å². The fraction of sp³-hybridized carbons (Fsp3) is 0.143. The summed E-state index contributed by atoms with van der Waals surface area (Å²) in [5.74, 6) is 0. The molecule has 1 rings (SSSR count). The minimum Gasteiger partial charge on any atom is -1.00 e. The van der Waals surface area contributed by atoms with E-state index in [1.165, 1.54) is 0 Å². The molecule has 0 aliphatic rings. The molecule has 1 aromatic carbocycles. The Kier molecular flexibility index (Phi) is 9.92. The molecule has 0 aromatic heterocycles. The first-order valence-electron chi connectivity index (χ1n) is 2.58. The first-order valence-corrected chi connectivity index (χ1v) is 2.58. The Morgan fingerprint density at radius 3 is 1.90 bits per heavy atom. The summed E-state index contributed by atoms with van der Waals surface area (Å²) >= 11 is 0. The van der Waals surface area contributed by atoms with E-state index in [0.29, 0.717) is 0 Å². The van der Waals surface area contributed by atoms with Gasteiger partial charge in [0, 0.05) is 0 Å².